The lowest BCUT2D eigenvalue weighted by atomic mass is 10.1. The van der Waals surface area contributed by atoms with Gasteiger partial charge in [0.25, 0.3) is 5.91 Å². The average molecular weight is 463 g/mol. The third kappa shape index (κ3) is 5.18. The number of anilines is 1. The van der Waals surface area contributed by atoms with Gasteiger partial charge in [0.15, 0.2) is 16.4 Å². The first-order valence-electron chi connectivity index (χ1n) is 10.3. The van der Waals surface area contributed by atoms with E-state index in [1.54, 1.807) is 49.4 Å². The van der Waals surface area contributed by atoms with Crippen LogP contribution in [-0.4, -0.2) is 43.7 Å². The zero-order valence-electron chi connectivity index (χ0n) is 17.9. The summed E-state index contributed by atoms with van der Waals surface area (Å²) in [5.41, 5.74) is 2.92. The van der Waals surface area contributed by atoms with Gasteiger partial charge in [0.1, 0.15) is 0 Å². The van der Waals surface area contributed by atoms with Crippen LogP contribution in [0.4, 0.5) is 5.69 Å². The summed E-state index contributed by atoms with van der Waals surface area (Å²) in [6.45, 7) is 1.17. The first-order valence-corrected chi connectivity index (χ1v) is 12.0. The number of aromatic nitrogens is 1. The zero-order chi connectivity index (χ0) is 23.4. The average Bonchev–Trinajstić information content (AvgIpc) is 3.17. The quantitative estimate of drug-likeness (QED) is 0.520. The molecule has 168 valence electrons. The number of esters is 1. The summed E-state index contributed by atoms with van der Waals surface area (Å²) in [6, 6.07) is 21.0. The van der Waals surface area contributed by atoms with Crippen LogP contribution < -0.4 is 4.90 Å². The standard InChI is InChI=1S/C25H22N2O5S/c1-18-22(12-13-23(26-18)19-8-4-2-5-9-19)25(29)32-16-24(28)27(20-10-6-3-7-11-20)21-14-15-33(30,31)17-21/h2-15,21H,16-17H2,1H3. The molecule has 1 aromatic heterocycles. The summed E-state index contributed by atoms with van der Waals surface area (Å²) >= 11 is 0. The normalized spacial score (nSPS) is 16.3. The van der Waals surface area contributed by atoms with Crippen LogP contribution in [-0.2, 0) is 19.4 Å². The molecule has 33 heavy (non-hydrogen) atoms. The molecule has 1 aliphatic heterocycles. The zero-order valence-corrected chi connectivity index (χ0v) is 18.7. The van der Waals surface area contributed by atoms with Crippen molar-refractivity contribution in [2.24, 2.45) is 0 Å². The van der Waals surface area contributed by atoms with E-state index in [0.29, 0.717) is 11.4 Å². The van der Waals surface area contributed by atoms with Gasteiger partial charge in [-0.25, -0.2) is 13.2 Å². The molecule has 4 rings (SSSR count). The number of ether oxygens (including phenoxy) is 1. The molecule has 8 heteroatoms. The Bertz CT molecular complexity index is 1310. The molecule has 2 heterocycles. The van der Waals surface area contributed by atoms with Crippen LogP contribution in [0, 0.1) is 6.92 Å². The minimum atomic E-state index is -3.38. The molecule has 1 amide bonds. The highest BCUT2D eigenvalue weighted by Crippen LogP contribution is 2.23. The Morgan fingerprint density at radius 1 is 1.00 bits per heavy atom. The van der Waals surface area contributed by atoms with Crippen LogP contribution in [0.3, 0.4) is 0 Å². The second-order valence-corrected chi connectivity index (χ2v) is 9.53. The summed E-state index contributed by atoms with van der Waals surface area (Å²) in [7, 11) is -3.38. The van der Waals surface area contributed by atoms with Crippen molar-refractivity contribution in [3.05, 3.63) is 95.5 Å². The summed E-state index contributed by atoms with van der Waals surface area (Å²) < 4.78 is 29.1. The summed E-state index contributed by atoms with van der Waals surface area (Å²) in [4.78, 5) is 31.5. The Kier molecular flexibility index (Phi) is 6.37. The van der Waals surface area contributed by atoms with Gasteiger partial charge in [0.05, 0.1) is 28.7 Å². The predicted octanol–water partition coefficient (Wildman–Crippen LogP) is 3.56. The number of carbonyl (C=O) groups is 2. The van der Waals surface area contributed by atoms with Crippen molar-refractivity contribution in [2.75, 3.05) is 17.3 Å². The number of hydrogen-bond donors (Lipinski definition) is 0. The van der Waals surface area contributed by atoms with Crippen molar-refractivity contribution in [3.8, 4) is 11.3 Å². The highest BCUT2D eigenvalue weighted by Gasteiger charge is 2.32. The summed E-state index contributed by atoms with van der Waals surface area (Å²) in [5.74, 6) is -1.41. The van der Waals surface area contributed by atoms with Crippen LogP contribution in [0.5, 0.6) is 0 Å². The number of sulfone groups is 1. The Balaban J connectivity index is 1.48. The minimum Gasteiger partial charge on any atom is -0.452 e. The van der Waals surface area contributed by atoms with Gasteiger partial charge in [-0.05, 0) is 37.3 Å². The second-order valence-electron chi connectivity index (χ2n) is 7.60. The number of aryl methyl sites for hydroxylation is 1. The van der Waals surface area contributed by atoms with Crippen LogP contribution in [0.1, 0.15) is 16.1 Å². The van der Waals surface area contributed by atoms with Crippen molar-refractivity contribution in [3.63, 3.8) is 0 Å². The Hall–Kier alpha value is -3.78. The monoisotopic (exact) mass is 462 g/mol. The molecule has 2 aromatic carbocycles. The Labute approximate surface area is 192 Å². The number of amides is 1. The van der Waals surface area contributed by atoms with Gasteiger partial charge >= 0.3 is 5.97 Å². The maximum atomic E-state index is 13.0. The topological polar surface area (TPSA) is 93.6 Å². The van der Waals surface area contributed by atoms with Crippen molar-refractivity contribution in [2.45, 2.75) is 13.0 Å². The first kappa shape index (κ1) is 22.4. The highest BCUT2D eigenvalue weighted by molar-refractivity contribution is 7.94. The molecule has 1 aliphatic rings. The second kappa shape index (κ2) is 9.38. The number of hydrogen-bond acceptors (Lipinski definition) is 6. The molecule has 0 fully saturated rings. The lowest BCUT2D eigenvalue weighted by Crippen LogP contribution is -2.43. The Morgan fingerprint density at radius 2 is 1.67 bits per heavy atom. The largest absolute Gasteiger partial charge is 0.452 e. The molecule has 3 aromatic rings. The molecule has 0 N–H and O–H groups in total. The third-order valence-electron chi connectivity index (χ3n) is 5.25. The van der Waals surface area contributed by atoms with Crippen molar-refractivity contribution < 1.29 is 22.7 Å². The smallest absolute Gasteiger partial charge is 0.340 e. The molecular formula is C25H22N2O5S. The van der Waals surface area contributed by atoms with Crippen molar-refractivity contribution >= 4 is 27.4 Å². The minimum absolute atomic E-state index is 0.217. The van der Waals surface area contributed by atoms with Gasteiger partial charge < -0.3 is 9.64 Å². The molecule has 1 unspecified atom stereocenters. The molecule has 0 radical (unpaired) electrons. The maximum Gasteiger partial charge on any atom is 0.340 e. The molecule has 7 nitrogen and oxygen atoms in total. The van der Waals surface area contributed by atoms with E-state index in [2.05, 4.69) is 4.98 Å². The number of carbonyl (C=O) groups excluding carboxylic acids is 2. The van der Waals surface area contributed by atoms with E-state index >= 15 is 0 Å². The van der Waals surface area contributed by atoms with E-state index in [1.807, 2.05) is 30.3 Å². The molecule has 0 bridgehead atoms. The van der Waals surface area contributed by atoms with Crippen LogP contribution >= 0.6 is 0 Å². The number of nitrogens with zero attached hydrogens (tertiary/aromatic N) is 2. The van der Waals surface area contributed by atoms with E-state index in [1.165, 1.54) is 11.0 Å². The number of rotatable bonds is 6. The molecule has 0 saturated carbocycles. The van der Waals surface area contributed by atoms with Crippen molar-refractivity contribution in [1.29, 1.82) is 0 Å². The predicted molar refractivity (Wildman–Crippen MR) is 125 cm³/mol. The van der Waals surface area contributed by atoms with Crippen molar-refractivity contribution in [1.82, 2.24) is 4.98 Å². The number of para-hydroxylation sites is 1. The van der Waals surface area contributed by atoms with E-state index in [9.17, 15) is 18.0 Å². The maximum absolute atomic E-state index is 13.0. The van der Waals surface area contributed by atoms with Gasteiger partial charge in [0.2, 0.25) is 0 Å². The fourth-order valence-corrected chi connectivity index (χ4v) is 4.92. The molecular weight excluding hydrogens is 440 g/mol. The molecule has 0 spiro atoms. The van der Waals surface area contributed by atoms with Crippen LogP contribution in [0.15, 0.2) is 84.3 Å². The third-order valence-corrected chi connectivity index (χ3v) is 6.63. The Morgan fingerprint density at radius 3 is 2.27 bits per heavy atom. The molecule has 1 atom stereocenters. The van der Waals surface area contributed by atoms with Gasteiger partial charge in [0, 0.05) is 16.7 Å². The molecule has 0 saturated heterocycles. The lowest BCUT2D eigenvalue weighted by Gasteiger charge is -2.27. The summed E-state index contributed by atoms with van der Waals surface area (Å²) in [5, 5.41) is 1.11. The molecule has 0 aliphatic carbocycles. The number of benzene rings is 2. The summed E-state index contributed by atoms with van der Waals surface area (Å²) in [6.07, 6.45) is 1.47. The van der Waals surface area contributed by atoms with Gasteiger partial charge in [-0.2, -0.15) is 0 Å². The van der Waals surface area contributed by atoms with E-state index in [-0.39, 0.29) is 11.3 Å². The van der Waals surface area contributed by atoms with Gasteiger partial charge in [-0.3, -0.25) is 9.78 Å². The lowest BCUT2D eigenvalue weighted by molar-refractivity contribution is -0.121. The van der Waals surface area contributed by atoms with Gasteiger partial charge in [-0.1, -0.05) is 48.5 Å². The highest BCUT2D eigenvalue weighted by atomic mass is 32.2. The number of pyridine rings is 1. The van der Waals surface area contributed by atoms with Gasteiger partial charge in [-0.15, -0.1) is 0 Å². The fraction of sp³-hybridized carbons (Fsp3) is 0.160. The van der Waals surface area contributed by atoms with E-state index < -0.39 is 34.4 Å². The first-order chi connectivity index (χ1) is 15.8. The van der Waals surface area contributed by atoms with Crippen LogP contribution in [0.2, 0.25) is 0 Å². The van der Waals surface area contributed by atoms with Crippen LogP contribution in [0.25, 0.3) is 11.3 Å². The van der Waals surface area contributed by atoms with E-state index in [4.69, 9.17) is 4.74 Å². The van der Waals surface area contributed by atoms with E-state index in [0.717, 1.165) is 16.7 Å². The SMILES string of the molecule is Cc1nc(-c2ccccc2)ccc1C(=O)OCC(=O)N(c1ccccc1)C1C=CS(=O)(=O)C1. The fourth-order valence-electron chi connectivity index (χ4n) is 3.65.